The molecule has 0 radical (unpaired) electrons. The number of anilines is 1. The fourth-order valence-corrected chi connectivity index (χ4v) is 3.93. The van der Waals surface area contributed by atoms with Crippen LogP contribution in [0.4, 0.5) is 5.69 Å². The molecule has 2 aliphatic heterocycles. The Labute approximate surface area is 122 Å². The number of hydrogen-bond acceptors (Lipinski definition) is 3. The maximum atomic E-state index is 4.49. The first-order valence-corrected chi connectivity index (χ1v) is 8.22. The lowest BCUT2D eigenvalue weighted by Crippen LogP contribution is -2.56. The summed E-state index contributed by atoms with van der Waals surface area (Å²) in [7, 11) is 0. The molecule has 2 atom stereocenters. The van der Waals surface area contributed by atoms with Crippen molar-refractivity contribution < 1.29 is 0 Å². The Morgan fingerprint density at radius 2 is 2.00 bits per heavy atom. The smallest absolute Gasteiger partial charge is 0.0557 e. The van der Waals surface area contributed by atoms with Gasteiger partial charge in [-0.25, -0.2) is 0 Å². The van der Waals surface area contributed by atoms with Gasteiger partial charge in [-0.05, 0) is 64.1 Å². The molecule has 1 aromatic rings. The van der Waals surface area contributed by atoms with E-state index in [1.54, 1.807) is 0 Å². The van der Waals surface area contributed by atoms with Crippen molar-refractivity contribution in [2.24, 2.45) is 0 Å². The molecule has 2 fully saturated rings. The molecule has 3 heterocycles. The van der Waals surface area contributed by atoms with Crippen LogP contribution in [0.25, 0.3) is 0 Å². The maximum Gasteiger partial charge on any atom is 0.0557 e. The van der Waals surface area contributed by atoms with E-state index in [-0.39, 0.29) is 0 Å². The highest BCUT2D eigenvalue weighted by molar-refractivity contribution is 5.48. The van der Waals surface area contributed by atoms with Crippen molar-refractivity contribution in [2.75, 3.05) is 11.4 Å². The fraction of sp³-hybridized carbons (Fsp3) is 0.706. The third-order valence-electron chi connectivity index (χ3n) is 4.85. The molecule has 2 aliphatic rings. The lowest BCUT2D eigenvalue weighted by atomic mass is 9.81. The molecule has 1 N–H and O–H groups in total. The number of hydrogen-bond donors (Lipinski definition) is 1. The van der Waals surface area contributed by atoms with Gasteiger partial charge in [0.05, 0.1) is 11.9 Å². The van der Waals surface area contributed by atoms with E-state index in [9.17, 15) is 0 Å². The molecule has 0 saturated carbocycles. The van der Waals surface area contributed by atoms with Gasteiger partial charge in [-0.2, -0.15) is 0 Å². The second-order valence-corrected chi connectivity index (χ2v) is 6.43. The molecule has 3 rings (SSSR count). The summed E-state index contributed by atoms with van der Waals surface area (Å²) in [5.74, 6) is 0. The summed E-state index contributed by atoms with van der Waals surface area (Å²) in [5.41, 5.74) is 2.44. The Bertz CT molecular complexity index is 414. The fourth-order valence-electron chi connectivity index (χ4n) is 3.93. The van der Waals surface area contributed by atoms with E-state index in [1.165, 1.54) is 44.2 Å². The Hall–Kier alpha value is -1.09. The zero-order valence-corrected chi connectivity index (χ0v) is 12.8. The first-order valence-electron chi connectivity index (χ1n) is 8.22. The minimum atomic E-state index is 0.710. The van der Waals surface area contributed by atoms with Gasteiger partial charge in [0.2, 0.25) is 0 Å². The van der Waals surface area contributed by atoms with Gasteiger partial charge in [-0.3, -0.25) is 4.98 Å². The summed E-state index contributed by atoms with van der Waals surface area (Å²) in [5, 5.41) is 3.74. The normalized spacial score (nSPS) is 29.5. The van der Waals surface area contributed by atoms with Crippen molar-refractivity contribution in [1.82, 2.24) is 10.3 Å². The quantitative estimate of drug-likeness (QED) is 0.912. The molecule has 2 unspecified atom stereocenters. The molecule has 3 heteroatoms. The average Bonchev–Trinajstić information content (AvgIpc) is 2.45. The summed E-state index contributed by atoms with van der Waals surface area (Å²) < 4.78 is 0. The van der Waals surface area contributed by atoms with Gasteiger partial charge in [0.15, 0.2) is 0 Å². The van der Waals surface area contributed by atoms with E-state index in [0.717, 1.165) is 18.3 Å². The van der Waals surface area contributed by atoms with Crippen molar-refractivity contribution in [1.29, 1.82) is 0 Å². The lowest BCUT2D eigenvalue weighted by molar-refractivity contribution is 0.246. The molecule has 0 amide bonds. The topological polar surface area (TPSA) is 28.2 Å². The Kier molecular flexibility index (Phi) is 4.25. The molecule has 3 nitrogen and oxygen atoms in total. The van der Waals surface area contributed by atoms with Gasteiger partial charge in [0, 0.05) is 23.8 Å². The Morgan fingerprint density at radius 1 is 1.25 bits per heavy atom. The van der Waals surface area contributed by atoms with Gasteiger partial charge in [0.1, 0.15) is 0 Å². The third-order valence-corrected chi connectivity index (χ3v) is 4.85. The summed E-state index contributed by atoms with van der Waals surface area (Å²) >= 11 is 0. The molecular weight excluding hydrogens is 246 g/mol. The maximum absolute atomic E-state index is 4.49. The number of aryl methyl sites for hydroxylation is 1. The van der Waals surface area contributed by atoms with Gasteiger partial charge in [0.25, 0.3) is 0 Å². The van der Waals surface area contributed by atoms with Crippen LogP contribution in [-0.4, -0.2) is 29.7 Å². The second kappa shape index (κ2) is 6.13. The Morgan fingerprint density at radius 3 is 2.60 bits per heavy atom. The van der Waals surface area contributed by atoms with Crippen molar-refractivity contribution in [3.63, 3.8) is 0 Å². The molecule has 20 heavy (non-hydrogen) atoms. The van der Waals surface area contributed by atoms with E-state index >= 15 is 0 Å². The van der Waals surface area contributed by atoms with Crippen molar-refractivity contribution in [3.8, 4) is 0 Å². The standard InChI is InChI=1S/C17H27N3/c1-3-9-18-14-10-15-5-4-6-16(11-14)20(15)17-8-7-13(2)19-12-17/h7-8,12,14-16,18H,3-6,9-11H2,1-2H3. The molecule has 1 aromatic heterocycles. The zero-order chi connectivity index (χ0) is 13.9. The minimum Gasteiger partial charge on any atom is -0.364 e. The van der Waals surface area contributed by atoms with Crippen LogP contribution in [0.2, 0.25) is 0 Å². The molecular formula is C17H27N3. The van der Waals surface area contributed by atoms with E-state index in [1.807, 2.05) is 0 Å². The van der Waals surface area contributed by atoms with Crippen molar-refractivity contribution in [3.05, 3.63) is 24.0 Å². The molecule has 0 aromatic carbocycles. The number of aromatic nitrogens is 1. The van der Waals surface area contributed by atoms with Crippen LogP contribution in [0.1, 0.15) is 51.1 Å². The van der Waals surface area contributed by atoms with Gasteiger partial charge in [-0.1, -0.05) is 6.92 Å². The highest BCUT2D eigenvalue weighted by Crippen LogP contribution is 2.37. The van der Waals surface area contributed by atoms with Crippen LogP contribution in [0.15, 0.2) is 18.3 Å². The lowest BCUT2D eigenvalue weighted by Gasteiger charge is -2.50. The number of nitrogens with zero attached hydrogens (tertiary/aromatic N) is 2. The van der Waals surface area contributed by atoms with E-state index < -0.39 is 0 Å². The van der Waals surface area contributed by atoms with Crippen LogP contribution in [-0.2, 0) is 0 Å². The SMILES string of the molecule is CCCNC1CC2CCCC(C1)N2c1ccc(C)nc1. The highest BCUT2D eigenvalue weighted by Gasteiger charge is 2.38. The second-order valence-electron chi connectivity index (χ2n) is 6.43. The first kappa shape index (κ1) is 13.9. The van der Waals surface area contributed by atoms with Gasteiger partial charge >= 0.3 is 0 Å². The van der Waals surface area contributed by atoms with Crippen LogP contribution in [0, 0.1) is 6.92 Å². The number of fused-ring (bicyclic) bond motifs is 2. The minimum absolute atomic E-state index is 0.710. The molecule has 110 valence electrons. The largest absolute Gasteiger partial charge is 0.364 e. The Balaban J connectivity index is 1.74. The van der Waals surface area contributed by atoms with Crippen LogP contribution in [0.5, 0.6) is 0 Å². The molecule has 0 aliphatic carbocycles. The number of pyridine rings is 1. The van der Waals surface area contributed by atoms with E-state index in [0.29, 0.717) is 12.1 Å². The molecule has 2 saturated heterocycles. The molecule has 2 bridgehead atoms. The predicted molar refractivity (Wildman–Crippen MR) is 84.2 cm³/mol. The summed E-state index contributed by atoms with van der Waals surface area (Å²) in [6.07, 6.45) is 9.97. The highest BCUT2D eigenvalue weighted by atomic mass is 15.2. The zero-order valence-electron chi connectivity index (χ0n) is 12.8. The summed E-state index contributed by atoms with van der Waals surface area (Å²) in [6, 6.07) is 6.54. The van der Waals surface area contributed by atoms with E-state index in [2.05, 4.69) is 47.4 Å². The van der Waals surface area contributed by atoms with E-state index in [4.69, 9.17) is 0 Å². The average molecular weight is 273 g/mol. The number of piperidine rings is 2. The van der Waals surface area contributed by atoms with Crippen molar-refractivity contribution in [2.45, 2.75) is 70.5 Å². The first-order chi connectivity index (χ1) is 9.78. The number of rotatable bonds is 4. The summed E-state index contributed by atoms with van der Waals surface area (Å²) in [6.45, 7) is 5.47. The van der Waals surface area contributed by atoms with Crippen LogP contribution in [0.3, 0.4) is 0 Å². The molecule has 0 spiro atoms. The number of nitrogens with one attached hydrogen (secondary N) is 1. The third kappa shape index (κ3) is 2.83. The van der Waals surface area contributed by atoms with Gasteiger partial charge in [-0.15, -0.1) is 0 Å². The van der Waals surface area contributed by atoms with Crippen LogP contribution >= 0.6 is 0 Å². The van der Waals surface area contributed by atoms with Gasteiger partial charge < -0.3 is 10.2 Å². The summed E-state index contributed by atoms with van der Waals surface area (Å²) in [4.78, 5) is 7.16. The van der Waals surface area contributed by atoms with Crippen molar-refractivity contribution >= 4 is 5.69 Å². The monoisotopic (exact) mass is 273 g/mol. The predicted octanol–water partition coefficient (Wildman–Crippen LogP) is 3.28. The van der Waals surface area contributed by atoms with Crippen LogP contribution < -0.4 is 10.2 Å².